The van der Waals surface area contributed by atoms with Crippen LogP contribution in [0.4, 0.5) is 4.39 Å². The number of nitrogens with one attached hydrogen (secondary N) is 1. The molecule has 110 valence electrons. The first-order valence-electron chi connectivity index (χ1n) is 7.03. The van der Waals surface area contributed by atoms with Crippen molar-refractivity contribution in [1.82, 2.24) is 10.2 Å². The summed E-state index contributed by atoms with van der Waals surface area (Å²) in [6.07, 6.45) is 2.43. The molecular weight excluding hydrogens is 257 g/mol. The van der Waals surface area contributed by atoms with Crippen LogP contribution in [-0.2, 0) is 6.54 Å². The second-order valence-corrected chi connectivity index (χ2v) is 5.57. The van der Waals surface area contributed by atoms with Gasteiger partial charge in [0, 0.05) is 24.2 Å². The summed E-state index contributed by atoms with van der Waals surface area (Å²) < 4.78 is 13.7. The summed E-state index contributed by atoms with van der Waals surface area (Å²) in [7, 11) is 2.13. The summed E-state index contributed by atoms with van der Waals surface area (Å²) in [5.74, 6) is -0.223. The summed E-state index contributed by atoms with van der Waals surface area (Å²) >= 11 is 0. The molecule has 4 nitrogen and oxygen atoms in total. The van der Waals surface area contributed by atoms with Crippen molar-refractivity contribution in [2.45, 2.75) is 19.4 Å². The van der Waals surface area contributed by atoms with E-state index in [4.69, 9.17) is 5.73 Å². The second-order valence-electron chi connectivity index (χ2n) is 5.57. The number of benzene rings is 1. The molecule has 0 aromatic heterocycles. The molecular formula is C15H22FN3O. The number of piperidine rings is 1. The van der Waals surface area contributed by atoms with E-state index in [0.717, 1.165) is 19.6 Å². The van der Waals surface area contributed by atoms with Gasteiger partial charge in [-0.15, -0.1) is 0 Å². The molecule has 1 atom stereocenters. The van der Waals surface area contributed by atoms with Crippen LogP contribution >= 0.6 is 0 Å². The maximum absolute atomic E-state index is 13.7. The number of primary amides is 1. The topological polar surface area (TPSA) is 58.4 Å². The van der Waals surface area contributed by atoms with Crippen molar-refractivity contribution in [3.8, 4) is 0 Å². The number of nitrogens with two attached hydrogens (primary N) is 1. The Labute approximate surface area is 119 Å². The molecule has 1 aromatic carbocycles. The molecule has 2 rings (SSSR count). The average molecular weight is 279 g/mol. The van der Waals surface area contributed by atoms with Crippen molar-refractivity contribution in [2.24, 2.45) is 11.7 Å². The molecule has 1 unspecified atom stereocenters. The van der Waals surface area contributed by atoms with Gasteiger partial charge < -0.3 is 16.0 Å². The molecule has 1 aromatic rings. The Hall–Kier alpha value is -1.46. The van der Waals surface area contributed by atoms with Crippen molar-refractivity contribution in [3.63, 3.8) is 0 Å². The zero-order chi connectivity index (χ0) is 14.5. The number of halogens is 1. The minimum Gasteiger partial charge on any atom is -0.366 e. The summed E-state index contributed by atoms with van der Waals surface area (Å²) in [4.78, 5) is 13.4. The smallest absolute Gasteiger partial charge is 0.248 e. The molecule has 1 heterocycles. The molecule has 1 fully saturated rings. The van der Waals surface area contributed by atoms with E-state index in [2.05, 4.69) is 17.3 Å². The Morgan fingerprint density at radius 1 is 1.55 bits per heavy atom. The molecule has 3 N–H and O–H groups in total. The molecule has 1 aliphatic heterocycles. The first-order valence-corrected chi connectivity index (χ1v) is 7.03. The highest BCUT2D eigenvalue weighted by Gasteiger charge is 2.16. The van der Waals surface area contributed by atoms with Gasteiger partial charge in [0.2, 0.25) is 5.91 Å². The lowest BCUT2D eigenvalue weighted by molar-refractivity contribution is 0.1000. The Morgan fingerprint density at radius 3 is 3.05 bits per heavy atom. The molecule has 1 saturated heterocycles. The third-order valence-electron chi connectivity index (χ3n) is 3.80. The Balaban J connectivity index is 1.87. The van der Waals surface area contributed by atoms with E-state index < -0.39 is 5.91 Å². The van der Waals surface area contributed by atoms with Gasteiger partial charge in [0.25, 0.3) is 0 Å². The van der Waals surface area contributed by atoms with E-state index in [-0.39, 0.29) is 5.82 Å². The predicted octanol–water partition coefficient (Wildman–Crippen LogP) is 1.36. The minimum absolute atomic E-state index is 0.303. The summed E-state index contributed by atoms with van der Waals surface area (Å²) in [5.41, 5.74) is 6.05. The lowest BCUT2D eigenvalue weighted by Gasteiger charge is -2.29. The molecule has 0 spiro atoms. The number of carbonyl (C=O) groups is 1. The lowest BCUT2D eigenvalue weighted by atomic mass is 9.98. The van der Waals surface area contributed by atoms with Gasteiger partial charge in [-0.3, -0.25) is 4.79 Å². The van der Waals surface area contributed by atoms with Crippen LogP contribution in [-0.4, -0.2) is 37.5 Å². The van der Waals surface area contributed by atoms with Crippen LogP contribution < -0.4 is 11.1 Å². The largest absolute Gasteiger partial charge is 0.366 e. The molecule has 0 saturated carbocycles. The van der Waals surface area contributed by atoms with Crippen LogP contribution in [0, 0.1) is 11.7 Å². The fraction of sp³-hybridized carbons (Fsp3) is 0.533. The molecule has 0 radical (unpaired) electrons. The van der Waals surface area contributed by atoms with Crippen molar-refractivity contribution >= 4 is 5.91 Å². The fourth-order valence-electron chi connectivity index (χ4n) is 2.71. The van der Waals surface area contributed by atoms with Crippen molar-refractivity contribution < 1.29 is 9.18 Å². The summed E-state index contributed by atoms with van der Waals surface area (Å²) in [6, 6.07) is 4.24. The third-order valence-corrected chi connectivity index (χ3v) is 3.80. The third kappa shape index (κ3) is 4.02. The molecule has 20 heavy (non-hydrogen) atoms. The van der Waals surface area contributed by atoms with Crippen molar-refractivity contribution in [2.75, 3.05) is 26.7 Å². The summed E-state index contributed by atoms with van der Waals surface area (Å²) in [6.45, 7) is 3.53. The van der Waals surface area contributed by atoms with Gasteiger partial charge in [0.15, 0.2) is 0 Å². The van der Waals surface area contributed by atoms with E-state index in [1.807, 2.05) is 0 Å². The molecule has 5 heteroatoms. The second kappa shape index (κ2) is 6.81. The number of nitrogens with zero attached hydrogens (tertiary/aromatic N) is 1. The van der Waals surface area contributed by atoms with Crippen LogP contribution in [0.1, 0.15) is 28.8 Å². The maximum Gasteiger partial charge on any atom is 0.248 e. The van der Waals surface area contributed by atoms with E-state index in [0.29, 0.717) is 23.6 Å². The zero-order valence-electron chi connectivity index (χ0n) is 11.9. The highest BCUT2D eigenvalue weighted by Crippen LogP contribution is 2.15. The number of amides is 1. The number of likely N-dealkylation sites (tertiary alicyclic amines) is 1. The standard InChI is InChI=1S/C15H22FN3O/c1-19-6-2-3-11(10-19)8-18-9-13-7-12(15(17)20)4-5-14(13)16/h4-5,7,11,18H,2-3,6,8-10H2,1H3,(H2,17,20). The lowest BCUT2D eigenvalue weighted by Crippen LogP contribution is -2.37. The first kappa shape index (κ1) is 14.9. The Morgan fingerprint density at radius 2 is 2.35 bits per heavy atom. The molecule has 1 aliphatic rings. The fourth-order valence-corrected chi connectivity index (χ4v) is 2.71. The molecule has 1 amide bonds. The molecule has 0 bridgehead atoms. The molecule has 0 aliphatic carbocycles. The van der Waals surface area contributed by atoms with Gasteiger partial charge in [-0.1, -0.05) is 0 Å². The predicted molar refractivity (Wildman–Crippen MR) is 76.8 cm³/mol. The van der Waals surface area contributed by atoms with E-state index in [1.54, 1.807) is 0 Å². The van der Waals surface area contributed by atoms with Crippen LogP contribution in [0.2, 0.25) is 0 Å². The van der Waals surface area contributed by atoms with E-state index in [1.165, 1.54) is 31.0 Å². The zero-order valence-corrected chi connectivity index (χ0v) is 11.9. The minimum atomic E-state index is -0.528. The SMILES string of the molecule is CN1CCCC(CNCc2cc(C(N)=O)ccc2F)C1. The van der Waals surface area contributed by atoms with E-state index >= 15 is 0 Å². The maximum atomic E-state index is 13.7. The quantitative estimate of drug-likeness (QED) is 0.855. The van der Waals surface area contributed by atoms with Gasteiger partial charge in [0.1, 0.15) is 5.82 Å². The Bertz CT molecular complexity index is 478. The van der Waals surface area contributed by atoms with Crippen LogP contribution in [0.25, 0.3) is 0 Å². The van der Waals surface area contributed by atoms with Gasteiger partial charge in [-0.05, 0) is 57.1 Å². The summed E-state index contributed by atoms with van der Waals surface area (Å²) in [5, 5.41) is 3.28. The average Bonchev–Trinajstić information content (AvgIpc) is 2.40. The van der Waals surface area contributed by atoms with Crippen LogP contribution in [0.15, 0.2) is 18.2 Å². The highest BCUT2D eigenvalue weighted by atomic mass is 19.1. The Kier molecular flexibility index (Phi) is 5.09. The van der Waals surface area contributed by atoms with Crippen molar-refractivity contribution in [3.05, 3.63) is 35.1 Å². The monoisotopic (exact) mass is 279 g/mol. The normalized spacial score (nSPS) is 20.0. The van der Waals surface area contributed by atoms with Gasteiger partial charge in [-0.2, -0.15) is 0 Å². The number of rotatable bonds is 5. The van der Waals surface area contributed by atoms with Crippen LogP contribution in [0.3, 0.4) is 0 Å². The van der Waals surface area contributed by atoms with Gasteiger partial charge in [0.05, 0.1) is 0 Å². The first-order chi connectivity index (χ1) is 9.56. The van der Waals surface area contributed by atoms with Crippen LogP contribution in [0.5, 0.6) is 0 Å². The number of hydrogen-bond acceptors (Lipinski definition) is 3. The van der Waals surface area contributed by atoms with Gasteiger partial charge >= 0.3 is 0 Å². The highest BCUT2D eigenvalue weighted by molar-refractivity contribution is 5.92. The van der Waals surface area contributed by atoms with Crippen molar-refractivity contribution in [1.29, 1.82) is 0 Å². The number of hydrogen-bond donors (Lipinski definition) is 2. The van der Waals surface area contributed by atoms with E-state index in [9.17, 15) is 9.18 Å². The number of carbonyl (C=O) groups excluding carboxylic acids is 1. The van der Waals surface area contributed by atoms with Gasteiger partial charge in [-0.25, -0.2) is 4.39 Å².